The number of hydrogen-bond acceptors (Lipinski definition) is 5. The highest BCUT2D eigenvalue weighted by Gasteiger charge is 2.37. The van der Waals surface area contributed by atoms with Crippen molar-refractivity contribution in [3.8, 4) is 11.5 Å². The number of likely N-dealkylation sites (tertiary alicyclic amines) is 2. The second-order valence-corrected chi connectivity index (χ2v) is 10.8. The van der Waals surface area contributed by atoms with Crippen LogP contribution in [-0.4, -0.2) is 61.9 Å². The van der Waals surface area contributed by atoms with E-state index in [0.717, 1.165) is 56.7 Å². The van der Waals surface area contributed by atoms with E-state index < -0.39 is 23.5 Å². The SMILES string of the molecule is FC(F)(F)c1cc(CCNCC(c2cccc3c2OCO3)N2CCC(N3CCCCC3)CC2)cc(C(F)(F)F)c1. The van der Waals surface area contributed by atoms with E-state index in [1.54, 1.807) is 0 Å². The number of nitrogens with one attached hydrogen (secondary N) is 1. The molecule has 2 fully saturated rings. The maximum Gasteiger partial charge on any atom is 0.416 e. The molecule has 3 heterocycles. The monoisotopic (exact) mass is 571 g/mol. The smallest absolute Gasteiger partial charge is 0.416 e. The average Bonchev–Trinajstić information content (AvgIpc) is 3.42. The zero-order valence-corrected chi connectivity index (χ0v) is 22.3. The van der Waals surface area contributed by atoms with Crippen LogP contribution in [0, 0.1) is 0 Å². The van der Waals surface area contributed by atoms with Crippen molar-refractivity contribution in [2.24, 2.45) is 0 Å². The number of halogens is 6. The quantitative estimate of drug-likeness (QED) is 0.298. The highest BCUT2D eigenvalue weighted by Crippen LogP contribution is 2.41. The van der Waals surface area contributed by atoms with Crippen LogP contribution in [0.25, 0.3) is 0 Å². The first-order valence-electron chi connectivity index (χ1n) is 14.0. The number of piperidine rings is 2. The van der Waals surface area contributed by atoms with Gasteiger partial charge in [0.2, 0.25) is 6.79 Å². The van der Waals surface area contributed by atoms with Crippen LogP contribution in [0.1, 0.15) is 60.4 Å². The lowest BCUT2D eigenvalue weighted by molar-refractivity contribution is -0.143. The number of rotatable bonds is 8. The van der Waals surface area contributed by atoms with Gasteiger partial charge in [-0.05, 0) is 81.6 Å². The predicted octanol–water partition coefficient (Wildman–Crippen LogP) is 6.28. The van der Waals surface area contributed by atoms with Crippen molar-refractivity contribution in [2.75, 3.05) is 46.1 Å². The molecule has 1 atom stereocenters. The summed E-state index contributed by atoms with van der Waals surface area (Å²) < 4.78 is 91.0. The number of fused-ring (bicyclic) bond motifs is 1. The lowest BCUT2D eigenvalue weighted by Crippen LogP contribution is -2.48. The van der Waals surface area contributed by atoms with Crippen molar-refractivity contribution in [3.05, 3.63) is 58.7 Å². The minimum absolute atomic E-state index is 0.00844. The topological polar surface area (TPSA) is 37.0 Å². The fourth-order valence-corrected chi connectivity index (χ4v) is 6.13. The summed E-state index contributed by atoms with van der Waals surface area (Å²) in [6.07, 6.45) is -3.80. The van der Waals surface area contributed by atoms with E-state index in [2.05, 4.69) is 15.1 Å². The fourth-order valence-electron chi connectivity index (χ4n) is 6.13. The van der Waals surface area contributed by atoms with E-state index in [9.17, 15) is 26.3 Å². The van der Waals surface area contributed by atoms with Gasteiger partial charge in [-0.2, -0.15) is 26.3 Å². The summed E-state index contributed by atoms with van der Waals surface area (Å²) in [6, 6.07) is 8.02. The molecule has 1 unspecified atom stereocenters. The number of nitrogens with zero attached hydrogens (tertiary/aromatic N) is 2. The van der Waals surface area contributed by atoms with Crippen molar-refractivity contribution in [3.63, 3.8) is 0 Å². The molecule has 0 bridgehead atoms. The molecule has 3 aliphatic rings. The van der Waals surface area contributed by atoms with Crippen molar-refractivity contribution >= 4 is 0 Å². The zero-order valence-electron chi connectivity index (χ0n) is 22.3. The van der Waals surface area contributed by atoms with E-state index in [-0.39, 0.29) is 37.4 Å². The Morgan fingerprint density at radius 2 is 1.52 bits per heavy atom. The molecule has 0 spiro atoms. The van der Waals surface area contributed by atoms with E-state index in [0.29, 0.717) is 24.1 Å². The molecular formula is C29H35F6N3O2. The minimum atomic E-state index is -4.86. The van der Waals surface area contributed by atoms with Crippen molar-refractivity contribution in [2.45, 2.75) is 63.0 Å². The summed E-state index contributed by atoms with van der Waals surface area (Å²) in [7, 11) is 0. The van der Waals surface area contributed by atoms with Gasteiger partial charge >= 0.3 is 12.4 Å². The second-order valence-electron chi connectivity index (χ2n) is 10.8. The van der Waals surface area contributed by atoms with Gasteiger partial charge in [-0.15, -0.1) is 0 Å². The molecule has 0 aliphatic carbocycles. The molecule has 0 saturated carbocycles. The third kappa shape index (κ3) is 6.86. The number of ether oxygens (including phenoxy) is 2. The maximum atomic E-state index is 13.3. The molecule has 40 heavy (non-hydrogen) atoms. The van der Waals surface area contributed by atoms with Gasteiger partial charge in [-0.1, -0.05) is 18.6 Å². The first kappa shape index (κ1) is 29.0. The first-order valence-corrected chi connectivity index (χ1v) is 14.0. The standard InChI is InChI=1S/C29H35F6N3O2/c30-28(31,32)21-15-20(16-22(17-21)29(33,34)35)7-10-36-18-25(24-5-4-6-26-27(24)40-19-39-26)38-13-8-23(9-14-38)37-11-2-1-3-12-37/h4-6,15-17,23,25,36H,1-3,7-14,18-19H2. The molecule has 3 aliphatic heterocycles. The van der Waals surface area contributed by atoms with Gasteiger partial charge in [-0.25, -0.2) is 0 Å². The van der Waals surface area contributed by atoms with Crippen molar-refractivity contribution in [1.82, 2.24) is 15.1 Å². The maximum absolute atomic E-state index is 13.3. The Morgan fingerprint density at radius 3 is 2.17 bits per heavy atom. The number of hydrogen-bond donors (Lipinski definition) is 1. The van der Waals surface area contributed by atoms with E-state index in [1.165, 1.54) is 19.3 Å². The molecule has 2 aromatic rings. The largest absolute Gasteiger partial charge is 0.454 e. The first-order chi connectivity index (χ1) is 19.1. The Bertz CT molecular complexity index is 1110. The van der Waals surface area contributed by atoms with Gasteiger partial charge in [0.15, 0.2) is 11.5 Å². The fraction of sp³-hybridized carbons (Fsp3) is 0.586. The van der Waals surface area contributed by atoms with Crippen LogP contribution in [0.4, 0.5) is 26.3 Å². The van der Waals surface area contributed by atoms with E-state index >= 15 is 0 Å². The summed E-state index contributed by atoms with van der Waals surface area (Å²) in [6.45, 7) is 4.92. The Labute approximate surface area is 230 Å². The predicted molar refractivity (Wildman–Crippen MR) is 138 cm³/mol. The van der Waals surface area contributed by atoms with Crippen molar-refractivity contribution in [1.29, 1.82) is 0 Å². The molecule has 0 amide bonds. The van der Waals surface area contributed by atoms with E-state index in [4.69, 9.17) is 9.47 Å². The average molecular weight is 572 g/mol. The number of benzene rings is 2. The molecule has 0 aromatic heterocycles. The van der Waals surface area contributed by atoms with Crippen LogP contribution in [0.15, 0.2) is 36.4 Å². The Balaban J connectivity index is 1.27. The molecule has 0 radical (unpaired) electrons. The molecule has 5 nitrogen and oxygen atoms in total. The molecule has 1 N–H and O–H groups in total. The van der Waals surface area contributed by atoms with Crippen LogP contribution < -0.4 is 14.8 Å². The van der Waals surface area contributed by atoms with Gasteiger partial charge < -0.3 is 19.7 Å². The van der Waals surface area contributed by atoms with Crippen molar-refractivity contribution < 1.29 is 35.8 Å². The summed E-state index contributed by atoms with van der Waals surface area (Å²) in [5, 5.41) is 3.30. The van der Waals surface area contributed by atoms with E-state index in [1.807, 2.05) is 18.2 Å². The van der Waals surface area contributed by atoms with Gasteiger partial charge in [-0.3, -0.25) is 4.90 Å². The third-order valence-electron chi connectivity index (χ3n) is 8.21. The van der Waals surface area contributed by atoms with Crippen LogP contribution >= 0.6 is 0 Å². The normalized spacial score (nSPS) is 20.1. The van der Waals surface area contributed by atoms with Crippen LogP contribution in [-0.2, 0) is 18.8 Å². The second kappa shape index (κ2) is 12.2. The Hall–Kier alpha value is -2.50. The molecule has 2 saturated heterocycles. The summed E-state index contributed by atoms with van der Waals surface area (Å²) in [4.78, 5) is 5.01. The molecule has 2 aromatic carbocycles. The molecule has 220 valence electrons. The summed E-state index contributed by atoms with van der Waals surface area (Å²) in [5.74, 6) is 1.37. The number of para-hydroxylation sites is 1. The third-order valence-corrected chi connectivity index (χ3v) is 8.21. The summed E-state index contributed by atoms with van der Waals surface area (Å²) in [5.41, 5.74) is -1.62. The van der Waals surface area contributed by atoms with Gasteiger partial charge in [0.05, 0.1) is 17.2 Å². The summed E-state index contributed by atoms with van der Waals surface area (Å²) >= 11 is 0. The molecular weight excluding hydrogens is 536 g/mol. The van der Waals surface area contributed by atoms with Crippen LogP contribution in [0.3, 0.4) is 0 Å². The Morgan fingerprint density at radius 1 is 0.850 bits per heavy atom. The number of alkyl halides is 6. The Kier molecular flexibility index (Phi) is 8.82. The van der Waals surface area contributed by atoms with Crippen LogP contribution in [0.2, 0.25) is 0 Å². The highest BCUT2D eigenvalue weighted by molar-refractivity contribution is 5.49. The molecule has 11 heteroatoms. The lowest BCUT2D eigenvalue weighted by atomic mass is 9.96. The van der Waals surface area contributed by atoms with Crippen LogP contribution in [0.5, 0.6) is 11.5 Å². The zero-order chi connectivity index (χ0) is 28.3. The minimum Gasteiger partial charge on any atom is -0.454 e. The van der Waals surface area contributed by atoms with Gasteiger partial charge in [0.25, 0.3) is 0 Å². The lowest BCUT2D eigenvalue weighted by Gasteiger charge is -2.43. The molecule has 5 rings (SSSR count). The van der Waals surface area contributed by atoms with Gasteiger partial charge in [0, 0.05) is 31.2 Å². The highest BCUT2D eigenvalue weighted by atomic mass is 19.4. The van der Waals surface area contributed by atoms with Gasteiger partial charge in [0.1, 0.15) is 0 Å².